The Hall–Kier alpha value is -2.99. The number of aromatic nitrogens is 3. The molecule has 14 heteroatoms. The molecule has 2 aromatic carbocycles. The van der Waals surface area contributed by atoms with E-state index in [2.05, 4.69) is 26.9 Å². The fourth-order valence-corrected chi connectivity index (χ4v) is 5.64. The molecule has 2 atom stereocenters. The predicted molar refractivity (Wildman–Crippen MR) is 190 cm³/mol. The molecule has 47 heavy (non-hydrogen) atoms. The fourth-order valence-electron chi connectivity index (χ4n) is 5.22. The van der Waals surface area contributed by atoms with E-state index in [-0.39, 0.29) is 34.2 Å². The topological polar surface area (TPSA) is 127 Å². The molecule has 0 bridgehead atoms. The van der Waals surface area contributed by atoms with Crippen LogP contribution in [0.25, 0.3) is 28.0 Å². The molecule has 0 saturated carbocycles. The fraction of sp³-hybridized carbons (Fsp3) is 0.364. The Morgan fingerprint density at radius 1 is 1.19 bits per heavy atom. The molecule has 4 aromatic rings. The van der Waals surface area contributed by atoms with Gasteiger partial charge in [-0.05, 0) is 74.5 Å². The number of hydrogen-bond acceptors (Lipinski definition) is 5. The first-order chi connectivity index (χ1) is 22.3. The normalized spacial score (nSPS) is 13.7. The summed E-state index contributed by atoms with van der Waals surface area (Å²) in [6, 6.07) is 9.23. The van der Waals surface area contributed by atoms with E-state index in [0.29, 0.717) is 54.7 Å². The molecule has 4 rings (SSSR count). The maximum absolute atomic E-state index is 15.5. The van der Waals surface area contributed by atoms with Crippen LogP contribution >= 0.6 is 46.4 Å². The summed E-state index contributed by atoms with van der Waals surface area (Å²) in [6.45, 7) is 6.57. The summed E-state index contributed by atoms with van der Waals surface area (Å²) in [6.07, 6.45) is 7.48. The number of benzene rings is 2. The van der Waals surface area contributed by atoms with Crippen molar-refractivity contribution in [2.75, 3.05) is 13.1 Å². The Morgan fingerprint density at radius 2 is 1.96 bits per heavy atom. The van der Waals surface area contributed by atoms with Crippen LogP contribution in [0.1, 0.15) is 56.2 Å². The number of aliphatic imine (C=N–C) groups is 1. The Bertz CT molecular complexity index is 1800. The Labute approximate surface area is 292 Å². The molecule has 0 aliphatic heterocycles. The van der Waals surface area contributed by atoms with Crippen molar-refractivity contribution in [2.45, 2.75) is 61.3 Å². The second-order valence-corrected chi connectivity index (χ2v) is 13.9. The van der Waals surface area contributed by atoms with Gasteiger partial charge in [0, 0.05) is 41.3 Å². The van der Waals surface area contributed by atoms with E-state index in [1.165, 1.54) is 10.6 Å². The minimum Gasteiger partial charge on any atom is -0.384 e. The Morgan fingerprint density at radius 3 is 2.64 bits per heavy atom. The van der Waals surface area contributed by atoms with Crippen LogP contribution in [0.15, 0.2) is 65.0 Å². The number of nitrogens with two attached hydrogens (primary N) is 2. The van der Waals surface area contributed by atoms with Crippen molar-refractivity contribution >= 4 is 63.3 Å². The lowest BCUT2D eigenvalue weighted by Crippen LogP contribution is -2.29. The van der Waals surface area contributed by atoms with Gasteiger partial charge in [0.05, 0.1) is 16.4 Å². The highest BCUT2D eigenvalue weighted by Crippen LogP contribution is 2.32. The summed E-state index contributed by atoms with van der Waals surface area (Å²) in [4.78, 5) is 24.3. The van der Waals surface area contributed by atoms with Gasteiger partial charge in [0.15, 0.2) is 5.82 Å². The number of rotatable bonds is 15. The molecule has 0 aliphatic carbocycles. The number of alkyl halides is 3. The largest absolute Gasteiger partial charge is 0.384 e. The minimum absolute atomic E-state index is 0.0126. The zero-order valence-corrected chi connectivity index (χ0v) is 28.8. The highest BCUT2D eigenvalue weighted by atomic mass is 35.6. The molecular formula is C33H37Cl4F2N7O. The third-order valence-corrected chi connectivity index (χ3v) is 8.56. The third-order valence-electron chi connectivity index (χ3n) is 7.71. The van der Waals surface area contributed by atoms with Crippen LogP contribution in [0.3, 0.4) is 0 Å². The van der Waals surface area contributed by atoms with Crippen LogP contribution in [-0.4, -0.2) is 43.3 Å². The van der Waals surface area contributed by atoms with Gasteiger partial charge in [0.2, 0.25) is 3.79 Å². The third kappa shape index (κ3) is 9.55. The standard InChI is InChI=1S/C33H37Cl4F2N7O/c1-3-7-27(42-12-6-13-43-31(41)33(35,36)37)23-11-10-22(17-26(23)38)46-18-20-16-28(44-30(20)45-32(46)47)24-14-19(15-25(34)29(24)39)8-5-9-21(40)4-2/h4,10-11,14-18,21,27,42H,2-3,5-9,12-13,40H2,1H3,(H2,41,43)(H,44,45,47). The number of halogens is 6. The van der Waals surface area contributed by atoms with Gasteiger partial charge in [-0.2, -0.15) is 4.98 Å². The van der Waals surface area contributed by atoms with Crippen molar-refractivity contribution in [1.29, 1.82) is 0 Å². The first-order valence-electron chi connectivity index (χ1n) is 15.2. The van der Waals surface area contributed by atoms with Crippen LogP contribution in [0.2, 0.25) is 5.02 Å². The molecule has 0 saturated heterocycles. The maximum Gasteiger partial charge on any atom is 0.354 e. The molecule has 8 nitrogen and oxygen atoms in total. The van der Waals surface area contributed by atoms with Crippen molar-refractivity contribution in [3.63, 3.8) is 0 Å². The number of hydrogen-bond donors (Lipinski definition) is 4. The van der Waals surface area contributed by atoms with E-state index < -0.39 is 21.1 Å². The number of amidine groups is 1. The zero-order chi connectivity index (χ0) is 34.3. The monoisotopic (exact) mass is 725 g/mol. The summed E-state index contributed by atoms with van der Waals surface area (Å²) < 4.78 is 30.2. The molecule has 0 radical (unpaired) electrons. The van der Waals surface area contributed by atoms with Gasteiger partial charge >= 0.3 is 5.69 Å². The van der Waals surface area contributed by atoms with Crippen LogP contribution in [0.5, 0.6) is 0 Å². The Balaban J connectivity index is 1.54. The summed E-state index contributed by atoms with van der Waals surface area (Å²) in [7, 11) is 0. The number of aromatic amines is 1. The van der Waals surface area contributed by atoms with Gasteiger partial charge in [-0.1, -0.05) is 71.9 Å². The highest BCUT2D eigenvalue weighted by molar-refractivity contribution is 6.76. The van der Waals surface area contributed by atoms with Gasteiger partial charge < -0.3 is 21.8 Å². The number of H-pyrrole nitrogens is 1. The van der Waals surface area contributed by atoms with Crippen molar-refractivity contribution in [2.24, 2.45) is 16.5 Å². The average molecular weight is 728 g/mol. The van der Waals surface area contributed by atoms with Crippen molar-refractivity contribution in [3.8, 4) is 16.9 Å². The maximum atomic E-state index is 15.5. The number of nitrogens with one attached hydrogen (secondary N) is 2. The van der Waals surface area contributed by atoms with Crippen LogP contribution in [-0.2, 0) is 6.42 Å². The van der Waals surface area contributed by atoms with Gasteiger partial charge in [0.25, 0.3) is 0 Å². The number of aryl methyl sites for hydroxylation is 1. The molecule has 252 valence electrons. The number of nitrogens with zero attached hydrogens (tertiary/aromatic N) is 3. The SMILES string of the molecule is C=CC(N)CCCc1cc(Cl)c(F)c(-c2cc3cn(-c4ccc(C(CCC)NCCCN=C(N)C(Cl)(Cl)Cl)c(F)c4)c(=O)nc3[nH]2)c1. The van der Waals surface area contributed by atoms with E-state index in [0.717, 1.165) is 24.8 Å². The molecule has 0 amide bonds. The van der Waals surface area contributed by atoms with E-state index in [1.54, 1.807) is 42.6 Å². The van der Waals surface area contributed by atoms with Gasteiger partial charge in [-0.3, -0.25) is 9.56 Å². The zero-order valence-electron chi connectivity index (χ0n) is 25.8. The molecule has 0 aliphatic rings. The Kier molecular flexibility index (Phi) is 12.9. The molecular weight excluding hydrogens is 690 g/mol. The minimum atomic E-state index is -1.76. The van der Waals surface area contributed by atoms with Gasteiger partial charge in [-0.25, -0.2) is 13.6 Å². The van der Waals surface area contributed by atoms with E-state index >= 15 is 8.78 Å². The summed E-state index contributed by atoms with van der Waals surface area (Å²) in [5.74, 6) is -1.15. The van der Waals surface area contributed by atoms with E-state index in [4.69, 9.17) is 57.9 Å². The lowest BCUT2D eigenvalue weighted by Gasteiger charge is -2.20. The summed E-state index contributed by atoms with van der Waals surface area (Å²) in [5, 5.41) is 3.87. The quantitative estimate of drug-likeness (QED) is 0.0329. The smallest absolute Gasteiger partial charge is 0.354 e. The molecule has 2 heterocycles. The van der Waals surface area contributed by atoms with E-state index in [9.17, 15) is 4.79 Å². The van der Waals surface area contributed by atoms with Crippen LogP contribution in [0, 0.1) is 11.6 Å². The molecule has 0 fully saturated rings. The predicted octanol–water partition coefficient (Wildman–Crippen LogP) is 7.70. The molecule has 6 N–H and O–H groups in total. The second-order valence-electron chi connectivity index (χ2n) is 11.2. The first kappa shape index (κ1) is 36.8. The van der Waals surface area contributed by atoms with Gasteiger partial charge in [-0.15, -0.1) is 6.58 Å². The summed E-state index contributed by atoms with van der Waals surface area (Å²) >= 11 is 23.4. The molecule has 2 unspecified atom stereocenters. The lowest BCUT2D eigenvalue weighted by molar-refractivity contribution is 0.466. The van der Waals surface area contributed by atoms with Crippen molar-refractivity contribution in [1.82, 2.24) is 19.9 Å². The second kappa shape index (κ2) is 16.4. The van der Waals surface area contributed by atoms with Crippen LogP contribution < -0.4 is 22.5 Å². The lowest BCUT2D eigenvalue weighted by atomic mass is 10.0. The summed E-state index contributed by atoms with van der Waals surface area (Å²) in [5.41, 5.74) is 13.5. The van der Waals surface area contributed by atoms with Crippen molar-refractivity contribution in [3.05, 3.63) is 93.5 Å². The van der Waals surface area contributed by atoms with Crippen LogP contribution in [0.4, 0.5) is 8.78 Å². The molecule has 0 spiro atoms. The number of fused-ring (bicyclic) bond motifs is 1. The van der Waals surface area contributed by atoms with Gasteiger partial charge in [0.1, 0.15) is 17.3 Å². The van der Waals surface area contributed by atoms with Crippen molar-refractivity contribution < 1.29 is 8.78 Å². The average Bonchev–Trinajstić information content (AvgIpc) is 3.43. The molecule has 2 aromatic heterocycles. The highest BCUT2D eigenvalue weighted by Gasteiger charge is 2.25. The first-order valence-corrected chi connectivity index (χ1v) is 16.7. The van der Waals surface area contributed by atoms with E-state index in [1.807, 2.05) is 6.92 Å².